The zero-order valence-electron chi connectivity index (χ0n) is 18.5. The molecule has 0 aromatic carbocycles. The summed E-state index contributed by atoms with van der Waals surface area (Å²) in [6, 6.07) is 3.46. The summed E-state index contributed by atoms with van der Waals surface area (Å²) in [5.41, 5.74) is -0.629. The maximum absolute atomic E-state index is 12.9. The molecule has 3 heterocycles. The van der Waals surface area contributed by atoms with Gasteiger partial charge in [-0.1, -0.05) is 0 Å². The van der Waals surface area contributed by atoms with Crippen LogP contribution in [0, 0.1) is 0 Å². The molecular weight excluding hydrogens is 416 g/mol. The number of carbonyl (C=O) groups excluding carboxylic acids is 2. The summed E-state index contributed by atoms with van der Waals surface area (Å²) in [6.45, 7) is 6.14. The quantitative estimate of drug-likeness (QED) is 0.675. The highest BCUT2D eigenvalue weighted by atomic mass is 32.2. The van der Waals surface area contributed by atoms with Crippen molar-refractivity contribution in [1.29, 1.82) is 0 Å². The molecule has 1 N–H and O–H groups in total. The van der Waals surface area contributed by atoms with E-state index in [1.165, 1.54) is 11.1 Å². The molecule has 2 aliphatic rings. The summed E-state index contributed by atoms with van der Waals surface area (Å²) in [4.78, 5) is 44.6. The molecule has 10 heteroatoms. The lowest BCUT2D eigenvalue weighted by molar-refractivity contribution is -0.128. The van der Waals surface area contributed by atoms with Gasteiger partial charge in [0.25, 0.3) is 5.91 Å². The van der Waals surface area contributed by atoms with Crippen molar-refractivity contribution in [3.05, 3.63) is 24.0 Å². The van der Waals surface area contributed by atoms with Crippen molar-refractivity contribution in [3.8, 4) is 0 Å². The Hall–Kier alpha value is -2.75. The number of amides is 2. The Morgan fingerprint density at radius 3 is 2.84 bits per heavy atom. The minimum absolute atomic E-state index is 0. The number of nitrogens with zero attached hydrogens (tertiary/aromatic N) is 5. The second-order valence-electron chi connectivity index (χ2n) is 7.97. The summed E-state index contributed by atoms with van der Waals surface area (Å²) in [5, 5.41) is 2.90. The second-order valence-corrected chi connectivity index (χ2v) is 8.96. The van der Waals surface area contributed by atoms with Crippen LogP contribution in [0.5, 0.6) is 0 Å². The van der Waals surface area contributed by atoms with Gasteiger partial charge in [-0.3, -0.25) is 24.6 Å². The first-order valence-electron chi connectivity index (χ1n) is 9.99. The molecule has 1 aromatic heterocycles. The Labute approximate surface area is 188 Å². The van der Waals surface area contributed by atoms with Gasteiger partial charge in [-0.2, -0.15) is 11.8 Å². The lowest BCUT2D eigenvalue weighted by atomic mass is 9.91. The van der Waals surface area contributed by atoms with Gasteiger partial charge in [0.15, 0.2) is 5.54 Å². The van der Waals surface area contributed by atoms with Crippen LogP contribution in [0.4, 0.5) is 5.69 Å². The number of aromatic nitrogens is 1. The molecule has 2 unspecified atom stereocenters. The molecule has 31 heavy (non-hydrogen) atoms. The van der Waals surface area contributed by atoms with Crippen molar-refractivity contribution >= 4 is 47.2 Å². The molecule has 0 radical (unpaired) electrons. The first-order chi connectivity index (χ1) is 14.7. The standard InChI is InChI=1S/C21H28N6O3S.H2/c1-14-26-20(2,11-18(28)27(14)4)16-10-15(6-7-22-16)25-19(29)21(3)13-23-17(12-24-21)30-8-9-31-5;/h6-7,10,12H,8-9,11,13H2,1-5H3,(H,22,25,29);1H. The largest absolute Gasteiger partial charge is 0.476 e. The van der Waals surface area contributed by atoms with Gasteiger partial charge in [-0.25, -0.2) is 4.99 Å². The first-order valence-corrected chi connectivity index (χ1v) is 11.4. The number of hydrogen-bond acceptors (Lipinski definition) is 8. The van der Waals surface area contributed by atoms with Crippen LogP contribution < -0.4 is 5.32 Å². The average molecular weight is 447 g/mol. The Morgan fingerprint density at radius 1 is 1.42 bits per heavy atom. The Kier molecular flexibility index (Phi) is 6.78. The molecular formula is C21H30N6O3S. The predicted molar refractivity (Wildman–Crippen MR) is 126 cm³/mol. The molecule has 3 rings (SSSR count). The van der Waals surface area contributed by atoms with E-state index in [9.17, 15) is 9.59 Å². The summed E-state index contributed by atoms with van der Waals surface area (Å²) in [5.74, 6) is 1.63. The van der Waals surface area contributed by atoms with E-state index in [-0.39, 0.29) is 26.2 Å². The average Bonchev–Trinajstić information content (AvgIpc) is 2.74. The van der Waals surface area contributed by atoms with Crippen molar-refractivity contribution in [2.75, 3.05) is 37.5 Å². The molecule has 168 valence electrons. The number of hydrogen-bond donors (Lipinski definition) is 1. The highest BCUT2D eigenvalue weighted by Crippen LogP contribution is 2.33. The van der Waals surface area contributed by atoms with Gasteiger partial charge >= 0.3 is 0 Å². The fourth-order valence-corrected chi connectivity index (χ4v) is 3.49. The predicted octanol–water partition coefficient (Wildman–Crippen LogP) is 2.38. The molecule has 2 aliphatic heterocycles. The van der Waals surface area contributed by atoms with Gasteiger partial charge in [-0.15, -0.1) is 0 Å². The summed E-state index contributed by atoms with van der Waals surface area (Å²) in [6.07, 6.45) is 5.32. The number of ether oxygens (including phenoxy) is 1. The van der Waals surface area contributed by atoms with E-state index in [4.69, 9.17) is 4.74 Å². The number of rotatable bonds is 6. The maximum Gasteiger partial charge on any atom is 0.253 e. The maximum atomic E-state index is 12.9. The van der Waals surface area contributed by atoms with Crippen LogP contribution in [0.1, 0.15) is 34.3 Å². The molecule has 2 amide bonds. The number of amidine groups is 1. The topological polar surface area (TPSA) is 109 Å². The van der Waals surface area contributed by atoms with Crippen LogP contribution in [0.15, 0.2) is 33.3 Å². The lowest BCUT2D eigenvalue weighted by Gasteiger charge is -2.33. The zero-order valence-corrected chi connectivity index (χ0v) is 19.3. The highest BCUT2D eigenvalue weighted by molar-refractivity contribution is 7.98. The van der Waals surface area contributed by atoms with Crippen LogP contribution in [0.25, 0.3) is 0 Å². The van der Waals surface area contributed by atoms with E-state index in [2.05, 4.69) is 25.3 Å². The van der Waals surface area contributed by atoms with Crippen LogP contribution in [0.2, 0.25) is 0 Å². The number of nitrogens with one attached hydrogen (secondary N) is 1. The third-order valence-corrected chi connectivity index (χ3v) is 5.94. The van der Waals surface area contributed by atoms with Crippen molar-refractivity contribution in [3.63, 3.8) is 0 Å². The van der Waals surface area contributed by atoms with Gasteiger partial charge in [0.2, 0.25) is 11.8 Å². The van der Waals surface area contributed by atoms with Crippen molar-refractivity contribution in [1.82, 2.24) is 9.88 Å². The molecule has 0 saturated heterocycles. The van der Waals surface area contributed by atoms with E-state index in [1.54, 1.807) is 51.0 Å². The normalized spacial score (nSPS) is 25.7. The number of anilines is 1. The summed E-state index contributed by atoms with van der Waals surface area (Å²) < 4.78 is 5.53. The molecule has 0 aliphatic carbocycles. The number of carbonyl (C=O) groups is 2. The number of aliphatic imine (C=N–C) groups is 3. The SMILES string of the molecule is CSCCOC1=NCC(C)(C(=O)Nc2ccnc(C3(C)CC(=O)N(C)C(C)=N3)c2)N=C1.[HH]. The lowest BCUT2D eigenvalue weighted by Crippen LogP contribution is -2.44. The van der Waals surface area contributed by atoms with Gasteiger partial charge in [-0.05, 0) is 39.2 Å². The molecule has 0 bridgehead atoms. The van der Waals surface area contributed by atoms with E-state index >= 15 is 0 Å². The minimum atomic E-state index is -1.03. The number of thioether (sulfide) groups is 1. The Morgan fingerprint density at radius 2 is 2.19 bits per heavy atom. The fraction of sp³-hybridized carbons (Fsp3) is 0.524. The second kappa shape index (κ2) is 9.17. The summed E-state index contributed by atoms with van der Waals surface area (Å²) in [7, 11) is 1.71. The van der Waals surface area contributed by atoms with Crippen molar-refractivity contribution < 1.29 is 15.8 Å². The van der Waals surface area contributed by atoms with Crippen LogP contribution in [-0.2, 0) is 19.9 Å². The summed E-state index contributed by atoms with van der Waals surface area (Å²) >= 11 is 1.68. The van der Waals surface area contributed by atoms with Gasteiger partial charge in [0.05, 0.1) is 31.5 Å². The van der Waals surface area contributed by atoms with Gasteiger partial charge < -0.3 is 15.0 Å². The Balaban J connectivity index is 0.00000363. The minimum Gasteiger partial charge on any atom is -0.476 e. The van der Waals surface area contributed by atoms with E-state index in [0.717, 1.165) is 5.75 Å². The molecule has 2 atom stereocenters. The van der Waals surface area contributed by atoms with Crippen LogP contribution >= 0.6 is 11.8 Å². The molecule has 0 fully saturated rings. The van der Waals surface area contributed by atoms with E-state index in [1.807, 2.05) is 13.2 Å². The van der Waals surface area contributed by atoms with Crippen LogP contribution in [0.3, 0.4) is 0 Å². The van der Waals surface area contributed by atoms with Crippen molar-refractivity contribution in [2.24, 2.45) is 15.0 Å². The third-order valence-electron chi connectivity index (χ3n) is 5.36. The van der Waals surface area contributed by atoms with Crippen molar-refractivity contribution in [2.45, 2.75) is 38.3 Å². The number of pyridine rings is 1. The monoisotopic (exact) mass is 446 g/mol. The van der Waals surface area contributed by atoms with Gasteiger partial charge in [0, 0.05) is 26.1 Å². The highest BCUT2D eigenvalue weighted by Gasteiger charge is 2.38. The molecule has 9 nitrogen and oxygen atoms in total. The van der Waals surface area contributed by atoms with Gasteiger partial charge in [0.1, 0.15) is 11.4 Å². The van der Waals surface area contributed by atoms with E-state index < -0.39 is 11.1 Å². The zero-order chi connectivity index (χ0) is 22.6. The molecule has 1 aromatic rings. The first kappa shape index (κ1) is 22.9. The van der Waals surface area contributed by atoms with Crippen LogP contribution in [-0.4, -0.2) is 77.4 Å². The molecule has 0 spiro atoms. The third kappa shape index (κ3) is 5.12. The molecule has 0 saturated carbocycles. The Bertz CT molecular complexity index is 969. The van der Waals surface area contributed by atoms with E-state index in [0.29, 0.717) is 29.7 Å². The fourth-order valence-electron chi connectivity index (χ4n) is 3.24. The smallest absolute Gasteiger partial charge is 0.253 e.